The lowest BCUT2D eigenvalue weighted by molar-refractivity contribution is 0.0472. The number of tetrazole rings is 1. The summed E-state index contributed by atoms with van der Waals surface area (Å²) >= 11 is 0. The van der Waals surface area contributed by atoms with Gasteiger partial charge in [-0.2, -0.15) is 4.68 Å². The summed E-state index contributed by atoms with van der Waals surface area (Å²) in [6.45, 7) is 2.22. The fourth-order valence-corrected chi connectivity index (χ4v) is 2.11. The normalized spacial score (nSPS) is 10.4. The summed E-state index contributed by atoms with van der Waals surface area (Å²) in [5, 5.41) is 11.0. The molecule has 110 valence electrons. The molecule has 1 aromatic heterocycles. The average Bonchev–Trinajstić information content (AvgIpc) is 3.08. The number of rotatable bonds is 4. The highest BCUT2D eigenvalue weighted by Gasteiger charge is 2.15. The van der Waals surface area contributed by atoms with Crippen LogP contribution in [0.2, 0.25) is 0 Å². The first-order chi connectivity index (χ1) is 10.8. The van der Waals surface area contributed by atoms with E-state index in [9.17, 15) is 4.79 Å². The average molecular weight is 294 g/mol. The zero-order chi connectivity index (χ0) is 15.4. The smallest absolute Gasteiger partial charge is 0.340 e. The van der Waals surface area contributed by atoms with Gasteiger partial charge in [-0.15, -0.1) is 5.10 Å². The number of hydrogen-bond donors (Lipinski definition) is 0. The second-order valence-electron chi connectivity index (χ2n) is 4.77. The standard InChI is InChI=1S/C16H14N4O2/c1-12-6-2-3-7-13(12)10-22-16(21)14-8-4-5-9-15(14)20-11-17-18-19-20/h2-9,11H,10H2,1H3. The molecule has 0 aliphatic heterocycles. The molecule has 0 aliphatic carbocycles. The third kappa shape index (κ3) is 2.85. The molecule has 2 aromatic carbocycles. The van der Waals surface area contributed by atoms with Gasteiger partial charge in [-0.25, -0.2) is 4.79 Å². The number of aromatic nitrogens is 4. The highest BCUT2D eigenvalue weighted by atomic mass is 16.5. The Kier molecular flexibility index (Phi) is 3.91. The number of aryl methyl sites for hydroxylation is 1. The Hall–Kier alpha value is -3.02. The van der Waals surface area contributed by atoms with E-state index in [0.29, 0.717) is 11.3 Å². The van der Waals surface area contributed by atoms with Crippen LogP contribution in [0.15, 0.2) is 54.9 Å². The molecule has 22 heavy (non-hydrogen) atoms. The summed E-state index contributed by atoms with van der Waals surface area (Å²) in [4.78, 5) is 12.3. The van der Waals surface area contributed by atoms with Gasteiger partial charge in [-0.05, 0) is 40.6 Å². The van der Waals surface area contributed by atoms with Gasteiger partial charge in [0.2, 0.25) is 0 Å². The molecule has 0 spiro atoms. The van der Waals surface area contributed by atoms with Crippen molar-refractivity contribution in [1.82, 2.24) is 20.2 Å². The number of carbonyl (C=O) groups excluding carboxylic acids is 1. The summed E-state index contributed by atoms with van der Waals surface area (Å²) in [5.41, 5.74) is 3.07. The number of nitrogens with zero attached hydrogens (tertiary/aromatic N) is 4. The highest BCUT2D eigenvalue weighted by molar-refractivity contribution is 5.93. The van der Waals surface area contributed by atoms with Crippen LogP contribution in [0.1, 0.15) is 21.5 Å². The Morgan fingerprint density at radius 1 is 1.14 bits per heavy atom. The third-order valence-corrected chi connectivity index (χ3v) is 3.34. The second-order valence-corrected chi connectivity index (χ2v) is 4.77. The van der Waals surface area contributed by atoms with Crippen molar-refractivity contribution in [2.45, 2.75) is 13.5 Å². The number of carbonyl (C=O) groups is 1. The first kappa shape index (κ1) is 13.9. The van der Waals surface area contributed by atoms with E-state index in [1.54, 1.807) is 18.2 Å². The minimum atomic E-state index is -0.408. The van der Waals surface area contributed by atoms with E-state index in [1.807, 2.05) is 37.3 Å². The predicted octanol–water partition coefficient (Wildman–Crippen LogP) is 2.33. The molecular weight excluding hydrogens is 280 g/mol. The number of esters is 1. The third-order valence-electron chi connectivity index (χ3n) is 3.34. The van der Waals surface area contributed by atoms with E-state index in [4.69, 9.17) is 4.74 Å². The second kappa shape index (κ2) is 6.17. The minimum Gasteiger partial charge on any atom is -0.457 e. The molecule has 3 aromatic rings. The molecule has 0 bridgehead atoms. The van der Waals surface area contributed by atoms with Gasteiger partial charge in [0.05, 0.1) is 11.3 Å². The molecule has 0 amide bonds. The predicted molar refractivity (Wildman–Crippen MR) is 79.5 cm³/mol. The van der Waals surface area contributed by atoms with Crippen molar-refractivity contribution in [1.29, 1.82) is 0 Å². The van der Waals surface area contributed by atoms with Gasteiger partial charge in [0, 0.05) is 0 Å². The minimum absolute atomic E-state index is 0.232. The van der Waals surface area contributed by atoms with Crippen molar-refractivity contribution >= 4 is 5.97 Å². The zero-order valence-electron chi connectivity index (χ0n) is 12.0. The van der Waals surface area contributed by atoms with Crippen LogP contribution in [0, 0.1) is 6.92 Å². The molecule has 3 rings (SSSR count). The number of para-hydroxylation sites is 1. The maximum atomic E-state index is 12.3. The lowest BCUT2D eigenvalue weighted by Gasteiger charge is -2.10. The Morgan fingerprint density at radius 2 is 1.91 bits per heavy atom. The van der Waals surface area contributed by atoms with Crippen LogP contribution in [0.3, 0.4) is 0 Å². The first-order valence-electron chi connectivity index (χ1n) is 6.80. The number of ether oxygens (including phenoxy) is 1. The summed E-state index contributed by atoms with van der Waals surface area (Å²) in [6.07, 6.45) is 1.44. The molecule has 6 heteroatoms. The molecule has 0 atom stereocenters. The summed E-state index contributed by atoms with van der Waals surface area (Å²) in [5.74, 6) is -0.408. The van der Waals surface area contributed by atoms with Crippen molar-refractivity contribution in [3.05, 3.63) is 71.5 Å². The quantitative estimate of drug-likeness (QED) is 0.691. The summed E-state index contributed by atoms with van der Waals surface area (Å²) in [7, 11) is 0. The molecule has 0 N–H and O–H groups in total. The van der Waals surface area contributed by atoms with Crippen LogP contribution in [0.25, 0.3) is 5.69 Å². The monoisotopic (exact) mass is 294 g/mol. The van der Waals surface area contributed by atoms with E-state index >= 15 is 0 Å². The van der Waals surface area contributed by atoms with Gasteiger partial charge in [-0.3, -0.25) is 0 Å². The molecule has 0 unspecified atom stereocenters. The van der Waals surface area contributed by atoms with Crippen molar-refractivity contribution in [3.63, 3.8) is 0 Å². The molecule has 0 aliphatic rings. The van der Waals surface area contributed by atoms with E-state index in [-0.39, 0.29) is 6.61 Å². The van der Waals surface area contributed by atoms with Crippen molar-refractivity contribution in [2.24, 2.45) is 0 Å². The number of hydrogen-bond acceptors (Lipinski definition) is 5. The fraction of sp³-hybridized carbons (Fsp3) is 0.125. The van der Waals surface area contributed by atoms with Crippen LogP contribution in [-0.4, -0.2) is 26.2 Å². The van der Waals surface area contributed by atoms with E-state index in [1.165, 1.54) is 11.0 Å². The Labute approximate surface area is 127 Å². The molecule has 0 radical (unpaired) electrons. The maximum Gasteiger partial charge on any atom is 0.340 e. The van der Waals surface area contributed by atoms with Gasteiger partial charge in [0.25, 0.3) is 0 Å². The topological polar surface area (TPSA) is 69.9 Å². The van der Waals surface area contributed by atoms with Crippen LogP contribution < -0.4 is 0 Å². The first-order valence-corrected chi connectivity index (χ1v) is 6.80. The lowest BCUT2D eigenvalue weighted by Crippen LogP contribution is -2.10. The molecule has 1 heterocycles. The van der Waals surface area contributed by atoms with Gasteiger partial charge < -0.3 is 4.74 Å². The Morgan fingerprint density at radius 3 is 2.68 bits per heavy atom. The lowest BCUT2D eigenvalue weighted by atomic mass is 10.1. The van der Waals surface area contributed by atoms with Gasteiger partial charge in [0.1, 0.15) is 12.9 Å². The molecule has 6 nitrogen and oxygen atoms in total. The van der Waals surface area contributed by atoms with E-state index in [0.717, 1.165) is 11.1 Å². The number of benzene rings is 2. The van der Waals surface area contributed by atoms with Crippen molar-refractivity contribution in [3.8, 4) is 5.69 Å². The molecular formula is C16H14N4O2. The molecule has 0 fully saturated rings. The summed E-state index contributed by atoms with van der Waals surface area (Å²) < 4.78 is 6.85. The van der Waals surface area contributed by atoms with E-state index in [2.05, 4.69) is 15.5 Å². The molecule has 0 saturated carbocycles. The molecule has 0 saturated heterocycles. The van der Waals surface area contributed by atoms with Crippen molar-refractivity contribution < 1.29 is 9.53 Å². The van der Waals surface area contributed by atoms with E-state index < -0.39 is 5.97 Å². The highest BCUT2D eigenvalue weighted by Crippen LogP contribution is 2.16. The van der Waals surface area contributed by atoms with Crippen molar-refractivity contribution in [2.75, 3.05) is 0 Å². The Bertz CT molecular complexity index is 784. The van der Waals surface area contributed by atoms with Gasteiger partial charge in [-0.1, -0.05) is 36.4 Å². The fourth-order valence-electron chi connectivity index (χ4n) is 2.11. The van der Waals surface area contributed by atoms with Crippen LogP contribution in [0.5, 0.6) is 0 Å². The SMILES string of the molecule is Cc1ccccc1COC(=O)c1ccccc1-n1cnnn1. The van der Waals surface area contributed by atoms with Crippen LogP contribution in [0.4, 0.5) is 0 Å². The Balaban J connectivity index is 1.80. The van der Waals surface area contributed by atoms with Gasteiger partial charge >= 0.3 is 5.97 Å². The summed E-state index contributed by atoms with van der Waals surface area (Å²) in [6, 6.07) is 14.8. The van der Waals surface area contributed by atoms with Crippen LogP contribution in [-0.2, 0) is 11.3 Å². The van der Waals surface area contributed by atoms with Gasteiger partial charge in [0.15, 0.2) is 0 Å². The largest absolute Gasteiger partial charge is 0.457 e. The maximum absolute atomic E-state index is 12.3. The zero-order valence-corrected chi connectivity index (χ0v) is 12.0. The van der Waals surface area contributed by atoms with Crippen LogP contribution >= 0.6 is 0 Å².